The topological polar surface area (TPSA) is 66.2 Å². The first-order valence-electron chi connectivity index (χ1n) is 9.79. The first kappa shape index (κ1) is 17.5. The number of anilines is 1. The Morgan fingerprint density at radius 2 is 2.08 bits per heavy atom. The molecule has 138 valence electrons. The average molecular weight is 351 g/mol. The van der Waals surface area contributed by atoms with Crippen molar-refractivity contribution in [3.05, 3.63) is 59.8 Å². The van der Waals surface area contributed by atoms with Gasteiger partial charge in [-0.25, -0.2) is 4.98 Å². The zero-order valence-corrected chi connectivity index (χ0v) is 15.3. The van der Waals surface area contributed by atoms with Crippen LogP contribution in [0.1, 0.15) is 36.3 Å². The number of nitrogens with one attached hydrogen (secondary N) is 2. The fraction of sp³-hybridized carbons (Fsp3) is 0.476. The van der Waals surface area contributed by atoms with Gasteiger partial charge in [-0.3, -0.25) is 15.8 Å². The Morgan fingerprint density at radius 3 is 2.92 bits per heavy atom. The standard InChI is InChI=1S/C21H29N5/c22-20-14-17(10-11-23-20)18-15-24-25-21(18)19-9-5-13-26(19)12-4-8-16-6-2-1-3-7-16/h1-3,6-7,10-11,14,18-19,21,24-25H,4-5,8-9,12-13,15H2,(H2,22,23). The molecular formula is C21H29N5. The van der Waals surface area contributed by atoms with Crippen molar-refractivity contribution in [1.29, 1.82) is 0 Å². The van der Waals surface area contributed by atoms with Crippen LogP contribution in [0, 0.1) is 0 Å². The van der Waals surface area contributed by atoms with Gasteiger partial charge in [0, 0.05) is 30.7 Å². The minimum absolute atomic E-state index is 0.427. The molecular weight excluding hydrogens is 322 g/mol. The SMILES string of the molecule is Nc1cc(C2CNNC2C2CCCN2CCCc2ccccc2)ccn1. The molecule has 2 fully saturated rings. The Balaban J connectivity index is 1.39. The lowest BCUT2D eigenvalue weighted by molar-refractivity contribution is 0.202. The molecule has 2 aromatic rings. The third kappa shape index (κ3) is 3.90. The maximum absolute atomic E-state index is 5.91. The second-order valence-electron chi connectivity index (χ2n) is 7.51. The largest absolute Gasteiger partial charge is 0.384 e. The molecule has 0 bridgehead atoms. The maximum atomic E-state index is 5.91. The van der Waals surface area contributed by atoms with E-state index in [4.69, 9.17) is 5.73 Å². The van der Waals surface area contributed by atoms with Crippen LogP contribution in [-0.4, -0.2) is 41.6 Å². The second-order valence-corrected chi connectivity index (χ2v) is 7.51. The van der Waals surface area contributed by atoms with Gasteiger partial charge in [0.15, 0.2) is 0 Å². The van der Waals surface area contributed by atoms with Crippen LogP contribution >= 0.6 is 0 Å². The van der Waals surface area contributed by atoms with E-state index in [2.05, 4.69) is 57.1 Å². The van der Waals surface area contributed by atoms with Gasteiger partial charge in [0.05, 0.1) is 0 Å². The van der Waals surface area contributed by atoms with Crippen molar-refractivity contribution in [2.24, 2.45) is 0 Å². The van der Waals surface area contributed by atoms with Gasteiger partial charge in [0.1, 0.15) is 5.82 Å². The smallest absolute Gasteiger partial charge is 0.123 e. The number of benzene rings is 1. The molecule has 0 saturated carbocycles. The Labute approximate surface area is 156 Å². The highest BCUT2D eigenvalue weighted by Gasteiger charge is 2.39. The third-order valence-electron chi connectivity index (χ3n) is 5.84. The molecule has 4 N–H and O–H groups in total. The highest BCUT2D eigenvalue weighted by Crippen LogP contribution is 2.31. The molecule has 0 spiro atoms. The van der Waals surface area contributed by atoms with Crippen molar-refractivity contribution in [3.8, 4) is 0 Å². The van der Waals surface area contributed by atoms with Gasteiger partial charge < -0.3 is 5.73 Å². The van der Waals surface area contributed by atoms with E-state index in [1.54, 1.807) is 0 Å². The first-order chi connectivity index (χ1) is 12.8. The van der Waals surface area contributed by atoms with Gasteiger partial charge >= 0.3 is 0 Å². The van der Waals surface area contributed by atoms with Crippen LogP contribution in [0.3, 0.4) is 0 Å². The number of aryl methyl sites for hydroxylation is 1. The summed E-state index contributed by atoms with van der Waals surface area (Å²) < 4.78 is 0. The second kappa shape index (κ2) is 8.16. The summed E-state index contributed by atoms with van der Waals surface area (Å²) in [6, 6.07) is 16.0. The van der Waals surface area contributed by atoms with E-state index in [1.165, 1.54) is 43.5 Å². The molecule has 3 heterocycles. The molecule has 0 amide bonds. The van der Waals surface area contributed by atoms with Crippen LogP contribution in [0.2, 0.25) is 0 Å². The van der Waals surface area contributed by atoms with Crippen molar-refractivity contribution in [2.45, 2.75) is 43.7 Å². The van der Waals surface area contributed by atoms with Crippen LogP contribution in [-0.2, 0) is 6.42 Å². The normalized spacial score (nSPS) is 26.4. The van der Waals surface area contributed by atoms with E-state index >= 15 is 0 Å². The van der Waals surface area contributed by atoms with Gasteiger partial charge in [-0.2, -0.15) is 0 Å². The molecule has 1 aromatic heterocycles. The lowest BCUT2D eigenvalue weighted by atomic mass is 9.88. The molecule has 3 atom stereocenters. The number of pyridine rings is 1. The average Bonchev–Trinajstić information content (AvgIpc) is 3.31. The number of likely N-dealkylation sites (tertiary alicyclic amines) is 1. The van der Waals surface area contributed by atoms with Crippen molar-refractivity contribution >= 4 is 5.82 Å². The number of hydrazine groups is 1. The highest BCUT2D eigenvalue weighted by atomic mass is 15.4. The Hall–Kier alpha value is -1.95. The highest BCUT2D eigenvalue weighted by molar-refractivity contribution is 5.35. The van der Waals surface area contributed by atoms with Crippen LogP contribution in [0.5, 0.6) is 0 Å². The number of nitrogens with two attached hydrogens (primary N) is 1. The molecule has 1 aromatic carbocycles. The van der Waals surface area contributed by atoms with E-state index in [0.717, 1.165) is 13.0 Å². The van der Waals surface area contributed by atoms with Crippen LogP contribution < -0.4 is 16.6 Å². The van der Waals surface area contributed by atoms with Gasteiger partial charge in [0.2, 0.25) is 0 Å². The molecule has 2 aliphatic heterocycles. The summed E-state index contributed by atoms with van der Waals surface area (Å²) in [6.45, 7) is 3.33. The molecule has 2 saturated heterocycles. The van der Waals surface area contributed by atoms with Crippen molar-refractivity contribution in [2.75, 3.05) is 25.4 Å². The summed E-state index contributed by atoms with van der Waals surface area (Å²) in [5.41, 5.74) is 15.6. The van der Waals surface area contributed by atoms with Crippen LogP contribution in [0.4, 0.5) is 5.82 Å². The summed E-state index contributed by atoms with van der Waals surface area (Å²) in [4.78, 5) is 6.83. The van der Waals surface area contributed by atoms with Gasteiger partial charge in [-0.1, -0.05) is 30.3 Å². The summed E-state index contributed by atoms with van der Waals surface area (Å²) >= 11 is 0. The lowest BCUT2D eigenvalue weighted by Crippen LogP contribution is -2.48. The number of rotatable bonds is 6. The molecule has 0 radical (unpaired) electrons. The molecule has 5 nitrogen and oxygen atoms in total. The zero-order chi connectivity index (χ0) is 17.8. The van der Waals surface area contributed by atoms with Gasteiger partial charge in [-0.15, -0.1) is 0 Å². The molecule has 3 unspecified atom stereocenters. The van der Waals surface area contributed by atoms with E-state index in [0.29, 0.717) is 23.8 Å². The Kier molecular flexibility index (Phi) is 5.48. The Morgan fingerprint density at radius 1 is 1.19 bits per heavy atom. The fourth-order valence-corrected chi connectivity index (χ4v) is 4.57. The van der Waals surface area contributed by atoms with Crippen molar-refractivity contribution in [1.82, 2.24) is 20.7 Å². The molecule has 0 aliphatic carbocycles. The van der Waals surface area contributed by atoms with Crippen molar-refractivity contribution < 1.29 is 0 Å². The van der Waals surface area contributed by atoms with Crippen LogP contribution in [0.25, 0.3) is 0 Å². The minimum Gasteiger partial charge on any atom is -0.384 e. The predicted molar refractivity (Wildman–Crippen MR) is 106 cm³/mol. The molecule has 4 rings (SSSR count). The lowest BCUT2D eigenvalue weighted by Gasteiger charge is -2.32. The number of nitrogens with zero attached hydrogens (tertiary/aromatic N) is 2. The van der Waals surface area contributed by atoms with Gasteiger partial charge in [0.25, 0.3) is 0 Å². The molecule has 2 aliphatic rings. The molecule has 5 heteroatoms. The molecule has 26 heavy (non-hydrogen) atoms. The summed E-state index contributed by atoms with van der Waals surface area (Å²) in [7, 11) is 0. The van der Waals surface area contributed by atoms with Crippen molar-refractivity contribution in [3.63, 3.8) is 0 Å². The van der Waals surface area contributed by atoms with Gasteiger partial charge in [-0.05, 0) is 62.0 Å². The summed E-state index contributed by atoms with van der Waals surface area (Å²) in [6.07, 6.45) is 6.76. The number of hydrogen-bond acceptors (Lipinski definition) is 5. The van der Waals surface area contributed by atoms with E-state index in [1.807, 2.05) is 12.3 Å². The number of aromatic nitrogens is 1. The van der Waals surface area contributed by atoms with E-state index < -0.39 is 0 Å². The number of hydrogen-bond donors (Lipinski definition) is 3. The Bertz CT molecular complexity index is 705. The predicted octanol–water partition coefficient (Wildman–Crippen LogP) is 2.32. The quantitative estimate of drug-likeness (QED) is 0.745. The first-order valence-corrected chi connectivity index (χ1v) is 9.79. The van der Waals surface area contributed by atoms with E-state index in [9.17, 15) is 0 Å². The van der Waals surface area contributed by atoms with E-state index in [-0.39, 0.29) is 0 Å². The monoisotopic (exact) mass is 351 g/mol. The summed E-state index contributed by atoms with van der Waals surface area (Å²) in [5, 5.41) is 0. The maximum Gasteiger partial charge on any atom is 0.123 e. The third-order valence-corrected chi connectivity index (χ3v) is 5.84. The fourth-order valence-electron chi connectivity index (χ4n) is 4.57. The summed E-state index contributed by atoms with van der Waals surface area (Å²) in [5.74, 6) is 1.05. The van der Waals surface area contributed by atoms with Crippen LogP contribution in [0.15, 0.2) is 48.7 Å². The minimum atomic E-state index is 0.427. The number of nitrogen functional groups attached to an aromatic ring is 1. The zero-order valence-electron chi connectivity index (χ0n) is 15.3.